The van der Waals surface area contributed by atoms with Crippen molar-refractivity contribution in [3.63, 3.8) is 0 Å². The standard InChI is InChI=1S/C18H18N8O5S3/c1-7-4-34-18(21-7)24-20-3-8-5-32-15-11(14(28)26(15)12(8)16(29)30)23-13(27)10(25-31-2)9-6-33-17(19)22-9/h3-4,6,11,15H,5H2,1-2H3,(H2,19,22)(H,21,24)(H,23,27)(H,29,30)/b20-3?,25-10-/t11?,15-/m1/s1. The number of β-lactam (4-membered cyclic amide) rings is 1. The monoisotopic (exact) mass is 522 g/mol. The quantitative estimate of drug-likeness (QED) is 0.218. The second-order valence-corrected chi connectivity index (χ2v) is 9.75. The Morgan fingerprint density at radius 1 is 1.35 bits per heavy atom. The maximum Gasteiger partial charge on any atom is 0.353 e. The van der Waals surface area contributed by atoms with Crippen LogP contribution in [-0.2, 0) is 19.2 Å². The zero-order valence-corrected chi connectivity index (χ0v) is 20.2. The molecule has 2 amide bonds. The molecule has 1 saturated heterocycles. The molecular formula is C18H18N8O5S3. The van der Waals surface area contributed by atoms with Crippen molar-refractivity contribution in [1.29, 1.82) is 0 Å². The first-order valence-corrected chi connectivity index (χ1v) is 12.4. The van der Waals surface area contributed by atoms with Gasteiger partial charge in [-0.25, -0.2) is 14.8 Å². The lowest BCUT2D eigenvalue weighted by Gasteiger charge is -2.49. The summed E-state index contributed by atoms with van der Waals surface area (Å²) < 4.78 is 0. The third-order valence-electron chi connectivity index (χ3n) is 4.65. The summed E-state index contributed by atoms with van der Waals surface area (Å²) in [4.78, 5) is 51.7. The number of rotatable bonds is 8. The Kier molecular flexibility index (Phi) is 6.80. The Bertz CT molecular complexity index is 1240. The number of carbonyl (C=O) groups is 3. The Balaban J connectivity index is 1.49. The average Bonchev–Trinajstić information content (AvgIpc) is 3.42. The van der Waals surface area contributed by atoms with Gasteiger partial charge in [0.1, 0.15) is 29.9 Å². The third kappa shape index (κ3) is 4.59. The van der Waals surface area contributed by atoms with Crippen molar-refractivity contribution in [2.24, 2.45) is 10.3 Å². The minimum atomic E-state index is -1.27. The number of hydrogen-bond donors (Lipinski definition) is 4. The smallest absolute Gasteiger partial charge is 0.353 e. The fourth-order valence-electron chi connectivity index (χ4n) is 3.21. The number of anilines is 2. The van der Waals surface area contributed by atoms with E-state index in [0.29, 0.717) is 10.7 Å². The number of aliphatic carboxylic acids is 1. The maximum absolute atomic E-state index is 12.8. The number of aryl methyl sites for hydroxylation is 1. The summed E-state index contributed by atoms with van der Waals surface area (Å²) in [6.45, 7) is 1.84. The number of nitrogens with two attached hydrogens (primary N) is 1. The second-order valence-electron chi connectivity index (χ2n) is 6.90. The Hall–Kier alpha value is -3.50. The summed E-state index contributed by atoms with van der Waals surface area (Å²) in [6, 6.07) is -0.945. The van der Waals surface area contributed by atoms with Gasteiger partial charge >= 0.3 is 5.97 Å². The normalized spacial score (nSPS) is 20.2. The van der Waals surface area contributed by atoms with Gasteiger partial charge in [-0.3, -0.25) is 19.9 Å². The number of fused-ring (bicyclic) bond motifs is 1. The van der Waals surface area contributed by atoms with Crippen molar-refractivity contribution in [1.82, 2.24) is 20.2 Å². The van der Waals surface area contributed by atoms with Crippen LogP contribution in [0.4, 0.5) is 10.3 Å². The van der Waals surface area contributed by atoms with Crippen molar-refractivity contribution in [3.05, 3.63) is 33.4 Å². The van der Waals surface area contributed by atoms with Crippen molar-refractivity contribution >= 4 is 74.4 Å². The molecule has 1 unspecified atom stereocenters. The van der Waals surface area contributed by atoms with E-state index >= 15 is 0 Å². The van der Waals surface area contributed by atoms with Gasteiger partial charge in [0.2, 0.25) is 5.13 Å². The number of thioether (sulfide) groups is 1. The number of carboxylic acid groups (broad SMARTS) is 1. The minimum Gasteiger partial charge on any atom is -0.477 e. The molecule has 16 heteroatoms. The van der Waals surface area contributed by atoms with Gasteiger partial charge < -0.3 is 21.0 Å². The molecule has 178 valence electrons. The van der Waals surface area contributed by atoms with Crippen LogP contribution in [0.5, 0.6) is 0 Å². The number of amides is 2. The highest BCUT2D eigenvalue weighted by Gasteiger charge is 2.54. The molecule has 2 aromatic heterocycles. The fourth-order valence-corrected chi connectivity index (χ4v) is 5.70. The largest absolute Gasteiger partial charge is 0.477 e. The van der Waals surface area contributed by atoms with Crippen LogP contribution in [0.1, 0.15) is 11.4 Å². The molecular weight excluding hydrogens is 504 g/mol. The lowest BCUT2D eigenvalue weighted by atomic mass is 10.0. The number of oxime groups is 1. The molecule has 0 aromatic carbocycles. The van der Waals surface area contributed by atoms with Gasteiger partial charge in [-0.1, -0.05) is 5.16 Å². The summed E-state index contributed by atoms with van der Waals surface area (Å²) >= 11 is 3.79. The Labute approximate surface area is 204 Å². The van der Waals surface area contributed by atoms with E-state index in [-0.39, 0.29) is 28.0 Å². The van der Waals surface area contributed by atoms with E-state index < -0.39 is 29.2 Å². The highest BCUT2D eigenvalue weighted by atomic mass is 32.2. The van der Waals surface area contributed by atoms with Crippen LogP contribution in [0.15, 0.2) is 32.3 Å². The summed E-state index contributed by atoms with van der Waals surface area (Å²) in [5.41, 5.74) is 9.43. The molecule has 0 saturated carbocycles. The number of carboxylic acids is 1. The van der Waals surface area contributed by atoms with Gasteiger partial charge in [-0.05, 0) is 6.92 Å². The average molecular weight is 523 g/mol. The molecule has 4 rings (SSSR count). The first kappa shape index (κ1) is 23.7. The van der Waals surface area contributed by atoms with Crippen molar-refractivity contribution in [3.8, 4) is 0 Å². The number of nitrogen functional groups attached to an aromatic ring is 1. The second kappa shape index (κ2) is 9.78. The van der Waals surface area contributed by atoms with Gasteiger partial charge in [0, 0.05) is 22.1 Å². The summed E-state index contributed by atoms with van der Waals surface area (Å²) in [5.74, 6) is -2.25. The van der Waals surface area contributed by atoms with Crippen LogP contribution >= 0.6 is 34.4 Å². The molecule has 0 spiro atoms. The van der Waals surface area contributed by atoms with Crippen LogP contribution < -0.4 is 16.5 Å². The van der Waals surface area contributed by atoms with Gasteiger partial charge in [0.25, 0.3) is 11.8 Å². The zero-order valence-electron chi connectivity index (χ0n) is 17.7. The van der Waals surface area contributed by atoms with Gasteiger partial charge in [0.05, 0.1) is 11.9 Å². The molecule has 13 nitrogen and oxygen atoms in total. The Morgan fingerprint density at radius 3 is 2.76 bits per heavy atom. The van der Waals surface area contributed by atoms with Crippen LogP contribution in [0.3, 0.4) is 0 Å². The van der Waals surface area contributed by atoms with Crippen molar-refractivity contribution in [2.45, 2.75) is 18.3 Å². The Morgan fingerprint density at radius 2 is 2.15 bits per heavy atom. The van der Waals surface area contributed by atoms with E-state index in [0.717, 1.165) is 21.9 Å². The molecule has 0 aliphatic carbocycles. The highest BCUT2D eigenvalue weighted by Crippen LogP contribution is 2.40. The number of thiazole rings is 2. The molecule has 5 N–H and O–H groups in total. The van der Waals surface area contributed by atoms with E-state index in [1.54, 1.807) is 0 Å². The summed E-state index contributed by atoms with van der Waals surface area (Å²) in [7, 11) is 1.27. The SMILES string of the molecule is CO/N=C(\C(=O)NC1C(=O)N2C(C(=O)O)=C(C=NNc3nc(C)cs3)CS[C@H]12)c1csc(N)n1. The fraction of sp³-hybridized carbons (Fsp3) is 0.278. The molecule has 0 radical (unpaired) electrons. The molecule has 0 bridgehead atoms. The molecule has 34 heavy (non-hydrogen) atoms. The first-order chi connectivity index (χ1) is 16.3. The van der Waals surface area contributed by atoms with Crippen LogP contribution in [0, 0.1) is 6.92 Å². The lowest BCUT2D eigenvalue weighted by Crippen LogP contribution is -2.71. The van der Waals surface area contributed by atoms with Crippen LogP contribution in [0.2, 0.25) is 0 Å². The van der Waals surface area contributed by atoms with Gasteiger partial charge in [-0.2, -0.15) is 5.10 Å². The summed E-state index contributed by atoms with van der Waals surface area (Å²) in [5, 5.41) is 23.7. The van der Waals surface area contributed by atoms with Gasteiger partial charge in [0.15, 0.2) is 10.8 Å². The number of hydrogen-bond acceptors (Lipinski definition) is 13. The number of aromatic nitrogens is 2. The first-order valence-electron chi connectivity index (χ1n) is 9.56. The van der Waals surface area contributed by atoms with E-state index in [2.05, 4.69) is 31.0 Å². The predicted molar refractivity (Wildman–Crippen MR) is 129 cm³/mol. The van der Waals surface area contributed by atoms with Gasteiger partial charge in [-0.15, -0.1) is 34.4 Å². The lowest BCUT2D eigenvalue weighted by molar-refractivity contribution is -0.150. The molecule has 2 aromatic rings. The topological polar surface area (TPSA) is 184 Å². The number of nitrogens with zero attached hydrogens (tertiary/aromatic N) is 5. The maximum atomic E-state index is 12.8. The number of carbonyl (C=O) groups excluding carboxylic acids is 2. The molecule has 2 aliphatic heterocycles. The van der Waals surface area contributed by atoms with Crippen molar-refractivity contribution < 1.29 is 24.3 Å². The van der Waals surface area contributed by atoms with E-state index in [4.69, 9.17) is 10.6 Å². The predicted octanol–water partition coefficient (Wildman–Crippen LogP) is 0.677. The summed E-state index contributed by atoms with van der Waals surface area (Å²) in [6.07, 6.45) is 1.36. The van der Waals surface area contributed by atoms with E-state index in [9.17, 15) is 19.5 Å². The van der Waals surface area contributed by atoms with Crippen LogP contribution in [-0.4, -0.2) is 74.0 Å². The van der Waals surface area contributed by atoms with E-state index in [1.807, 2.05) is 12.3 Å². The van der Waals surface area contributed by atoms with Crippen molar-refractivity contribution in [2.75, 3.05) is 24.0 Å². The van der Waals surface area contributed by atoms with Crippen LogP contribution in [0.25, 0.3) is 0 Å². The highest BCUT2D eigenvalue weighted by molar-refractivity contribution is 8.00. The van der Waals surface area contributed by atoms with E-state index in [1.165, 1.54) is 41.8 Å². The molecule has 2 aliphatic rings. The zero-order chi connectivity index (χ0) is 24.4. The third-order valence-corrected chi connectivity index (χ3v) is 7.49. The molecule has 1 fully saturated rings. The minimum absolute atomic E-state index is 0.146. The molecule has 2 atom stereocenters. The molecule has 4 heterocycles. The number of hydrazone groups is 1. The number of nitrogens with one attached hydrogen (secondary N) is 2.